The van der Waals surface area contributed by atoms with Crippen LogP contribution in [0, 0.1) is 23.2 Å². The molecule has 8 atom stereocenters. The van der Waals surface area contributed by atoms with Crippen LogP contribution in [0.25, 0.3) is 0 Å². The van der Waals surface area contributed by atoms with E-state index in [9.17, 15) is 37.5 Å². The highest BCUT2D eigenvalue weighted by Gasteiger charge is 2.78. The number of fused-ring (bicyclic) bond motifs is 3. The Bertz CT molecular complexity index is 3050. The molecular formula is C65H89F2N11O11. The number of likely N-dealkylation sites (tertiary alicyclic amines) is 2. The maximum Gasteiger partial charge on any atom is 0.276 e. The number of hydrogen-bond acceptors (Lipinski definition) is 14. The zero-order valence-corrected chi connectivity index (χ0v) is 51.6. The monoisotopic (exact) mass is 1240 g/mol. The number of aryl methyl sites for hydroxylation is 1. The molecular weight excluding hydrogens is 1150 g/mol. The Labute approximate surface area is 519 Å². The summed E-state index contributed by atoms with van der Waals surface area (Å²) in [6.45, 7) is 8.07. The number of amides is 6. The van der Waals surface area contributed by atoms with Gasteiger partial charge in [-0.1, -0.05) is 80.8 Å². The molecule has 0 radical (unpaired) electrons. The molecule has 1 unspecified atom stereocenters. The average molecular weight is 1240 g/mol. The number of H-pyrrole nitrogens is 1. The van der Waals surface area contributed by atoms with Gasteiger partial charge in [0.25, 0.3) is 11.8 Å². The van der Waals surface area contributed by atoms with E-state index in [2.05, 4.69) is 54.0 Å². The molecule has 6 amide bonds. The molecule has 0 bridgehead atoms. The second-order valence-corrected chi connectivity index (χ2v) is 25.1. The second-order valence-electron chi connectivity index (χ2n) is 25.1. The van der Waals surface area contributed by atoms with Crippen molar-refractivity contribution in [3.63, 3.8) is 0 Å². The number of alkyl halides is 2. The molecule has 484 valence electrons. The number of nitrogens with one attached hydrogen (secondary N) is 6. The van der Waals surface area contributed by atoms with Crippen molar-refractivity contribution in [3.8, 4) is 0 Å². The van der Waals surface area contributed by atoms with Crippen LogP contribution >= 0.6 is 0 Å². The normalized spacial score (nSPS) is 23.0. The van der Waals surface area contributed by atoms with Crippen molar-refractivity contribution in [2.75, 3.05) is 105 Å². The number of halogens is 2. The van der Waals surface area contributed by atoms with Gasteiger partial charge in [-0.15, -0.1) is 0 Å². The van der Waals surface area contributed by atoms with Crippen LogP contribution in [0.15, 0.2) is 67.0 Å². The van der Waals surface area contributed by atoms with Crippen LogP contribution in [0.3, 0.4) is 0 Å². The Morgan fingerprint density at radius 2 is 1.45 bits per heavy atom. The van der Waals surface area contributed by atoms with E-state index >= 15 is 0 Å². The highest BCUT2D eigenvalue weighted by Crippen LogP contribution is 2.70. The van der Waals surface area contributed by atoms with E-state index < -0.39 is 47.3 Å². The summed E-state index contributed by atoms with van der Waals surface area (Å²) in [5.74, 6) is -4.96. The third-order valence-electron chi connectivity index (χ3n) is 19.2. The summed E-state index contributed by atoms with van der Waals surface area (Å²) >= 11 is 0. The van der Waals surface area contributed by atoms with Gasteiger partial charge in [0.05, 0.1) is 96.5 Å². The van der Waals surface area contributed by atoms with Crippen molar-refractivity contribution in [1.29, 1.82) is 0 Å². The van der Waals surface area contributed by atoms with Gasteiger partial charge in [-0.2, -0.15) is 10.2 Å². The van der Waals surface area contributed by atoms with Gasteiger partial charge >= 0.3 is 0 Å². The molecule has 10 rings (SSSR count). The molecule has 4 aromatic rings. The molecule has 2 aromatic heterocycles. The van der Waals surface area contributed by atoms with Crippen molar-refractivity contribution in [1.82, 2.24) is 51.0 Å². The summed E-state index contributed by atoms with van der Waals surface area (Å²) in [5, 5.41) is 26.7. The van der Waals surface area contributed by atoms with Crippen LogP contribution < -0.4 is 26.6 Å². The Hall–Kier alpha value is -6.70. The van der Waals surface area contributed by atoms with Crippen LogP contribution in [-0.2, 0) is 66.9 Å². The molecule has 6 N–H and O–H groups in total. The number of aromatic amines is 1. The molecule has 0 spiro atoms. The lowest BCUT2D eigenvalue weighted by atomic mass is 9.82. The maximum atomic E-state index is 14.6. The average Bonchev–Trinajstić information content (AvgIpc) is 1.51. The first kappa shape index (κ1) is 65.3. The summed E-state index contributed by atoms with van der Waals surface area (Å²) in [5.41, 5.74) is 4.16. The number of carbonyl (C=O) groups is 6. The molecule has 6 aliphatic rings. The summed E-state index contributed by atoms with van der Waals surface area (Å²) in [7, 11) is 1.70. The van der Waals surface area contributed by atoms with Gasteiger partial charge < -0.3 is 60.1 Å². The molecule has 22 nitrogen and oxygen atoms in total. The van der Waals surface area contributed by atoms with Crippen LogP contribution in [-0.4, -0.2) is 195 Å². The van der Waals surface area contributed by atoms with E-state index in [1.807, 2.05) is 42.5 Å². The fraction of sp³-hybridized carbons (Fsp3) is 0.631. The molecule has 4 fully saturated rings. The summed E-state index contributed by atoms with van der Waals surface area (Å²) in [4.78, 5) is 85.2. The Morgan fingerprint density at radius 3 is 2.15 bits per heavy atom. The largest absolute Gasteiger partial charge is 0.379 e. The molecule has 4 aliphatic carbocycles. The number of likely N-dealkylation sites (N-methyl/N-ethyl adjacent to an activating group) is 1. The van der Waals surface area contributed by atoms with E-state index in [-0.39, 0.29) is 117 Å². The Balaban J connectivity index is 0.563. The van der Waals surface area contributed by atoms with E-state index in [0.29, 0.717) is 82.8 Å². The number of benzene rings is 2. The molecule has 2 saturated carbocycles. The first-order valence-corrected chi connectivity index (χ1v) is 32.1. The minimum atomic E-state index is -2.76. The predicted octanol–water partition coefficient (Wildman–Crippen LogP) is 5.13. The molecule has 4 heterocycles. The lowest BCUT2D eigenvalue weighted by molar-refractivity contribution is -0.143. The van der Waals surface area contributed by atoms with Crippen molar-refractivity contribution < 1.29 is 61.2 Å². The number of aromatic nitrogens is 4. The highest BCUT2D eigenvalue weighted by atomic mass is 19.3. The van der Waals surface area contributed by atoms with Gasteiger partial charge in [0.1, 0.15) is 12.1 Å². The quantitative estimate of drug-likeness (QED) is 0.0347. The van der Waals surface area contributed by atoms with Crippen molar-refractivity contribution >= 4 is 41.1 Å². The van der Waals surface area contributed by atoms with Crippen LogP contribution in [0.2, 0.25) is 0 Å². The molecule has 2 saturated heterocycles. The number of hydrogen-bond donors (Lipinski definition) is 6. The van der Waals surface area contributed by atoms with Gasteiger partial charge in [0.15, 0.2) is 5.69 Å². The fourth-order valence-electron chi connectivity index (χ4n) is 13.8. The highest BCUT2D eigenvalue weighted by molar-refractivity contribution is 6.04. The molecule has 24 heteroatoms. The molecule has 89 heavy (non-hydrogen) atoms. The zero-order valence-electron chi connectivity index (χ0n) is 51.6. The predicted molar refractivity (Wildman–Crippen MR) is 325 cm³/mol. The minimum absolute atomic E-state index is 0.0143. The van der Waals surface area contributed by atoms with E-state index in [1.54, 1.807) is 47.8 Å². The number of ether oxygens (including phenoxy) is 5. The van der Waals surface area contributed by atoms with Gasteiger partial charge in [-0.05, 0) is 81.5 Å². The third kappa shape index (κ3) is 15.9. The van der Waals surface area contributed by atoms with Gasteiger partial charge in [-0.3, -0.25) is 38.5 Å². The second kappa shape index (κ2) is 30.4. The Kier molecular flexibility index (Phi) is 22.3. The van der Waals surface area contributed by atoms with Crippen molar-refractivity contribution in [2.45, 2.75) is 139 Å². The fourth-order valence-corrected chi connectivity index (χ4v) is 13.8. The third-order valence-corrected chi connectivity index (χ3v) is 19.2. The van der Waals surface area contributed by atoms with Gasteiger partial charge in [0, 0.05) is 85.7 Å². The van der Waals surface area contributed by atoms with E-state index in [1.165, 1.54) is 11.1 Å². The van der Waals surface area contributed by atoms with Crippen LogP contribution in [0.4, 0.5) is 14.5 Å². The van der Waals surface area contributed by atoms with Gasteiger partial charge in [0.2, 0.25) is 29.5 Å². The van der Waals surface area contributed by atoms with Crippen LogP contribution in [0.1, 0.15) is 128 Å². The zero-order chi connectivity index (χ0) is 62.5. The Morgan fingerprint density at radius 1 is 0.787 bits per heavy atom. The SMILES string of the molecule is CN[C@@H](C)C(=O)N[C@H](C(=O)N1C[C@@H](NC(=O)CCOCCOCCOCCOCCOCCC(=O)N2CC([C@@H](c3ccccc3)n3cc(NC(=O)c4n[nH]c5c4C[C@@H]4C(F)(F)[C@]4(C)C5)cn3)C2)C[C@H]1C(=O)NCC1CCCc2ccccc21)C1CCCCC1. The lowest BCUT2D eigenvalue weighted by Crippen LogP contribution is -2.58. The maximum absolute atomic E-state index is 14.6. The first-order chi connectivity index (χ1) is 43.1. The first-order valence-electron chi connectivity index (χ1n) is 32.1. The number of rotatable bonds is 32. The number of anilines is 1. The summed E-state index contributed by atoms with van der Waals surface area (Å²) < 4.78 is 59.1. The topological polar surface area (TPSA) is 262 Å². The van der Waals surface area contributed by atoms with E-state index in [0.717, 1.165) is 56.9 Å². The number of nitrogens with zero attached hydrogens (tertiary/aromatic N) is 5. The van der Waals surface area contributed by atoms with Crippen molar-refractivity contribution in [3.05, 3.63) is 101 Å². The van der Waals surface area contributed by atoms with Crippen molar-refractivity contribution in [2.24, 2.45) is 23.2 Å². The lowest BCUT2D eigenvalue weighted by Gasteiger charge is -2.43. The smallest absolute Gasteiger partial charge is 0.276 e. The number of carbonyl (C=O) groups excluding carboxylic acids is 6. The molecule has 2 aromatic carbocycles. The summed E-state index contributed by atoms with van der Waals surface area (Å²) in [6.07, 6.45) is 11.8. The van der Waals surface area contributed by atoms with Gasteiger partial charge in [-0.25, -0.2) is 8.78 Å². The van der Waals surface area contributed by atoms with E-state index in [4.69, 9.17) is 23.7 Å². The molecule has 2 aliphatic heterocycles. The van der Waals surface area contributed by atoms with Crippen LogP contribution in [0.5, 0.6) is 0 Å². The standard InChI is InChI=1S/C65H89F2N11O11/c1-42(68-3)60(81)73-57(44-14-6-4-7-15-44)63(84)77-40-48(33-53(77)61(82)69-36-46-19-12-18-43-13-10-11-20-50(43)46)71-55(79)21-23-85-25-27-87-29-31-89-32-30-88-28-26-86-24-22-56(80)76-38-47(39-76)59(45-16-8-5-9-17-45)78-41-49(37-70-78)72-62(83)58-51-34-54-64(2,65(54,66)67)35-52(51)74-75-58/h5,8-11,13,16-17,20,37,41-42,44,46-48,53-54,57,59,68H,4,6-7,12,14-15,18-19,21-36,38-40H2,1-3H3,(H,69,82)(H,71,79)(H,72,83)(H,73,81)(H,74,75)/t42-,46?,48-,53-,54-,57-,59+,64+/m0/s1. The summed E-state index contributed by atoms with van der Waals surface area (Å²) in [6, 6.07) is 15.4. The minimum Gasteiger partial charge on any atom is -0.379 e.